The summed E-state index contributed by atoms with van der Waals surface area (Å²) in [6.07, 6.45) is 2.74. The number of benzene rings is 2. The number of amides is 1. The second-order valence-corrected chi connectivity index (χ2v) is 9.52. The summed E-state index contributed by atoms with van der Waals surface area (Å²) in [4.78, 5) is 24.3. The van der Waals surface area contributed by atoms with E-state index < -0.39 is 0 Å². The molecule has 0 unspecified atom stereocenters. The van der Waals surface area contributed by atoms with Gasteiger partial charge in [-0.3, -0.25) is 4.79 Å². The van der Waals surface area contributed by atoms with Crippen molar-refractivity contribution in [2.45, 2.75) is 32.7 Å². The molecule has 2 N–H and O–H groups in total. The summed E-state index contributed by atoms with van der Waals surface area (Å²) in [7, 11) is 0. The van der Waals surface area contributed by atoms with E-state index in [1.165, 1.54) is 21.6 Å². The SMILES string of the molecule is Cc1cccc2[nH]c(-c3ccc(-c4ccc(CNCCCN5CCCC5=O)cc4)s3)nc12. The van der Waals surface area contributed by atoms with Crippen LogP contribution in [-0.2, 0) is 11.3 Å². The van der Waals surface area contributed by atoms with E-state index in [1.807, 2.05) is 4.90 Å². The van der Waals surface area contributed by atoms with Crippen molar-refractivity contribution in [3.8, 4) is 21.1 Å². The van der Waals surface area contributed by atoms with Gasteiger partial charge in [0.25, 0.3) is 0 Å². The van der Waals surface area contributed by atoms with Crippen molar-refractivity contribution in [1.29, 1.82) is 0 Å². The number of carbonyl (C=O) groups excluding carboxylic acids is 1. The fourth-order valence-corrected chi connectivity index (χ4v) is 5.22. The standard InChI is InChI=1S/C26H28N4OS/c1-18-5-2-6-21-25(18)29-26(28-21)23-13-12-22(32-23)20-10-8-19(9-11-20)17-27-14-4-16-30-15-3-7-24(30)31/h2,5-6,8-13,27H,3-4,7,14-17H2,1H3,(H,28,29). The lowest BCUT2D eigenvalue weighted by molar-refractivity contribution is -0.127. The molecule has 5 nitrogen and oxygen atoms in total. The largest absolute Gasteiger partial charge is 0.343 e. The van der Waals surface area contributed by atoms with E-state index in [1.54, 1.807) is 11.3 Å². The Morgan fingerprint density at radius 3 is 2.72 bits per heavy atom. The van der Waals surface area contributed by atoms with E-state index in [2.05, 4.69) is 71.8 Å². The molecule has 1 saturated heterocycles. The number of rotatable bonds is 8. The fourth-order valence-electron chi connectivity index (χ4n) is 4.27. The summed E-state index contributed by atoms with van der Waals surface area (Å²) in [5, 5.41) is 3.49. The number of hydrogen-bond donors (Lipinski definition) is 2. The Hall–Kier alpha value is -2.96. The number of aryl methyl sites for hydroxylation is 1. The van der Waals surface area contributed by atoms with Crippen molar-refractivity contribution < 1.29 is 4.79 Å². The Balaban J connectivity index is 1.17. The van der Waals surface area contributed by atoms with Gasteiger partial charge in [0.05, 0.1) is 15.9 Å². The molecule has 0 aliphatic carbocycles. The molecule has 1 aliphatic rings. The summed E-state index contributed by atoms with van der Waals surface area (Å²) in [6, 6.07) is 19.3. The van der Waals surface area contributed by atoms with Crippen LogP contribution < -0.4 is 5.32 Å². The van der Waals surface area contributed by atoms with Gasteiger partial charge in [0.1, 0.15) is 5.82 Å². The molecule has 4 aromatic rings. The number of carbonyl (C=O) groups is 1. The third kappa shape index (κ3) is 4.47. The monoisotopic (exact) mass is 444 g/mol. The second-order valence-electron chi connectivity index (χ2n) is 8.43. The van der Waals surface area contributed by atoms with Crippen molar-refractivity contribution >= 4 is 28.3 Å². The molecule has 1 amide bonds. The molecular weight excluding hydrogens is 416 g/mol. The third-order valence-electron chi connectivity index (χ3n) is 6.07. The minimum atomic E-state index is 0.313. The van der Waals surface area contributed by atoms with E-state index in [0.29, 0.717) is 5.91 Å². The maximum Gasteiger partial charge on any atom is 0.222 e. The minimum Gasteiger partial charge on any atom is -0.343 e. The number of thiophene rings is 1. The number of nitrogens with one attached hydrogen (secondary N) is 2. The molecule has 0 bridgehead atoms. The smallest absolute Gasteiger partial charge is 0.222 e. The average Bonchev–Trinajstić information content (AvgIpc) is 3.54. The van der Waals surface area contributed by atoms with E-state index >= 15 is 0 Å². The highest BCUT2D eigenvalue weighted by molar-refractivity contribution is 7.18. The Morgan fingerprint density at radius 2 is 1.94 bits per heavy atom. The van der Waals surface area contributed by atoms with Gasteiger partial charge in [-0.15, -0.1) is 11.3 Å². The Labute approximate surface area is 192 Å². The lowest BCUT2D eigenvalue weighted by Crippen LogP contribution is -2.28. The number of fused-ring (bicyclic) bond motifs is 1. The molecule has 0 atom stereocenters. The number of likely N-dealkylation sites (tertiary alicyclic amines) is 1. The van der Waals surface area contributed by atoms with Crippen LogP contribution in [0.1, 0.15) is 30.4 Å². The normalized spacial score (nSPS) is 14.0. The number of H-pyrrole nitrogens is 1. The van der Waals surface area contributed by atoms with Gasteiger partial charge in [0.2, 0.25) is 5.91 Å². The predicted octanol–water partition coefficient (Wildman–Crippen LogP) is 5.37. The number of hydrogen-bond acceptors (Lipinski definition) is 4. The number of aromatic nitrogens is 2. The van der Waals surface area contributed by atoms with Gasteiger partial charge in [-0.05, 0) is 61.2 Å². The molecule has 1 fully saturated rings. The number of aromatic amines is 1. The lowest BCUT2D eigenvalue weighted by Gasteiger charge is -2.15. The number of imidazole rings is 1. The van der Waals surface area contributed by atoms with Crippen molar-refractivity contribution in [1.82, 2.24) is 20.2 Å². The van der Waals surface area contributed by atoms with Crippen molar-refractivity contribution in [3.05, 3.63) is 65.7 Å². The third-order valence-corrected chi connectivity index (χ3v) is 7.22. The van der Waals surface area contributed by atoms with Gasteiger partial charge in [-0.2, -0.15) is 0 Å². The summed E-state index contributed by atoms with van der Waals surface area (Å²) in [6.45, 7) is 5.67. The molecule has 2 aromatic carbocycles. The van der Waals surface area contributed by atoms with Gasteiger partial charge in [-0.1, -0.05) is 36.4 Å². The average molecular weight is 445 g/mol. The zero-order valence-corrected chi connectivity index (χ0v) is 19.2. The van der Waals surface area contributed by atoms with E-state index in [0.717, 1.165) is 67.2 Å². The first-order valence-electron chi connectivity index (χ1n) is 11.3. The van der Waals surface area contributed by atoms with E-state index in [9.17, 15) is 4.79 Å². The molecule has 1 aliphatic heterocycles. The molecule has 32 heavy (non-hydrogen) atoms. The molecule has 0 spiro atoms. The van der Waals surface area contributed by atoms with Crippen LogP contribution in [0.3, 0.4) is 0 Å². The zero-order valence-electron chi connectivity index (χ0n) is 18.4. The Morgan fingerprint density at radius 1 is 1.09 bits per heavy atom. The van der Waals surface area contributed by atoms with Crippen LogP contribution in [0.15, 0.2) is 54.6 Å². The van der Waals surface area contributed by atoms with Crippen LogP contribution in [0.4, 0.5) is 0 Å². The topological polar surface area (TPSA) is 61.0 Å². The highest BCUT2D eigenvalue weighted by atomic mass is 32.1. The summed E-state index contributed by atoms with van der Waals surface area (Å²) in [5.74, 6) is 1.25. The molecule has 164 valence electrons. The summed E-state index contributed by atoms with van der Waals surface area (Å²) >= 11 is 1.76. The maximum atomic E-state index is 11.6. The van der Waals surface area contributed by atoms with Gasteiger partial charge in [0, 0.05) is 30.9 Å². The minimum absolute atomic E-state index is 0.313. The van der Waals surface area contributed by atoms with E-state index in [-0.39, 0.29) is 0 Å². The fraction of sp³-hybridized carbons (Fsp3) is 0.308. The first-order chi connectivity index (χ1) is 15.7. The predicted molar refractivity (Wildman–Crippen MR) is 132 cm³/mol. The highest BCUT2D eigenvalue weighted by Gasteiger charge is 2.18. The van der Waals surface area contributed by atoms with Gasteiger partial charge < -0.3 is 15.2 Å². The molecule has 5 rings (SSSR count). The van der Waals surface area contributed by atoms with Crippen LogP contribution in [0.25, 0.3) is 32.2 Å². The first kappa shape index (κ1) is 20.9. The molecule has 2 aromatic heterocycles. The summed E-state index contributed by atoms with van der Waals surface area (Å²) in [5.41, 5.74) is 5.82. The number of para-hydroxylation sites is 1. The van der Waals surface area contributed by atoms with Crippen LogP contribution in [0.5, 0.6) is 0 Å². The molecule has 0 saturated carbocycles. The molecule has 0 radical (unpaired) electrons. The zero-order chi connectivity index (χ0) is 21.9. The van der Waals surface area contributed by atoms with Crippen LogP contribution >= 0.6 is 11.3 Å². The highest BCUT2D eigenvalue weighted by Crippen LogP contribution is 2.34. The molecule has 3 heterocycles. The maximum absolute atomic E-state index is 11.6. The second kappa shape index (κ2) is 9.27. The van der Waals surface area contributed by atoms with Gasteiger partial charge >= 0.3 is 0 Å². The van der Waals surface area contributed by atoms with Crippen LogP contribution in [0.2, 0.25) is 0 Å². The molecule has 6 heteroatoms. The van der Waals surface area contributed by atoms with Gasteiger partial charge in [0.15, 0.2) is 0 Å². The first-order valence-corrected chi connectivity index (χ1v) is 12.1. The van der Waals surface area contributed by atoms with Crippen LogP contribution in [-0.4, -0.2) is 40.4 Å². The lowest BCUT2D eigenvalue weighted by atomic mass is 10.1. The van der Waals surface area contributed by atoms with E-state index in [4.69, 9.17) is 4.98 Å². The van der Waals surface area contributed by atoms with Crippen LogP contribution in [0, 0.1) is 6.92 Å². The Kier molecular flexibility index (Phi) is 6.06. The summed E-state index contributed by atoms with van der Waals surface area (Å²) < 4.78 is 0. The molecular formula is C26H28N4OS. The van der Waals surface area contributed by atoms with Crippen molar-refractivity contribution in [2.75, 3.05) is 19.6 Å². The Bertz CT molecular complexity index is 1220. The van der Waals surface area contributed by atoms with Crippen molar-refractivity contribution in [2.24, 2.45) is 0 Å². The van der Waals surface area contributed by atoms with Gasteiger partial charge in [-0.25, -0.2) is 4.98 Å². The quantitative estimate of drug-likeness (QED) is 0.359. The van der Waals surface area contributed by atoms with Crippen molar-refractivity contribution in [3.63, 3.8) is 0 Å². The number of nitrogens with zero attached hydrogens (tertiary/aromatic N) is 2.